The Kier molecular flexibility index (Phi) is 7.18. The van der Waals surface area contributed by atoms with Crippen LogP contribution in [0.15, 0.2) is 12.7 Å². The highest BCUT2D eigenvalue weighted by Crippen LogP contribution is 1.92. The van der Waals surface area contributed by atoms with Crippen molar-refractivity contribution < 1.29 is 24.4 Å². The van der Waals surface area contributed by atoms with Gasteiger partial charge in [-0.05, 0) is 6.92 Å². The zero-order valence-corrected chi connectivity index (χ0v) is 7.56. The Bertz CT molecular complexity index is 157. The minimum absolute atomic E-state index is 0.0970. The van der Waals surface area contributed by atoms with Gasteiger partial charge in [0.1, 0.15) is 13.2 Å². The van der Waals surface area contributed by atoms with E-state index in [0.29, 0.717) is 0 Å². The lowest BCUT2D eigenvalue weighted by molar-refractivity contribution is -0.251. The molecule has 0 saturated carbocycles. The number of hydrogen-bond donors (Lipinski definition) is 1. The lowest BCUT2D eigenvalue weighted by Crippen LogP contribution is -2.20. The van der Waals surface area contributed by atoms with Crippen LogP contribution in [0.1, 0.15) is 6.92 Å². The maximum Gasteiger partial charge on any atom is 0.330 e. The van der Waals surface area contributed by atoms with E-state index in [-0.39, 0.29) is 25.9 Å². The van der Waals surface area contributed by atoms with E-state index < -0.39 is 5.97 Å². The summed E-state index contributed by atoms with van der Waals surface area (Å²) in [7, 11) is 0. The lowest BCUT2D eigenvalue weighted by atomic mass is 10.4. The van der Waals surface area contributed by atoms with Gasteiger partial charge in [-0.25, -0.2) is 9.68 Å². The summed E-state index contributed by atoms with van der Waals surface area (Å²) in [6.45, 7) is 5.50. The molecule has 0 aromatic heterocycles. The first-order chi connectivity index (χ1) is 6.20. The first-order valence-corrected chi connectivity index (χ1v) is 3.88. The number of rotatable bonds is 7. The summed E-state index contributed by atoms with van der Waals surface area (Å²) < 4.78 is 9.78. The van der Waals surface area contributed by atoms with E-state index in [1.54, 1.807) is 6.92 Å². The second-order valence-corrected chi connectivity index (χ2v) is 2.35. The Hall–Kier alpha value is -0.910. The van der Waals surface area contributed by atoms with E-state index in [1.807, 2.05) is 0 Å². The largest absolute Gasteiger partial charge is 0.460 e. The van der Waals surface area contributed by atoms with Crippen molar-refractivity contribution in [3.8, 4) is 0 Å². The van der Waals surface area contributed by atoms with Crippen molar-refractivity contribution in [2.45, 2.75) is 13.0 Å². The molecule has 1 N–H and O–H groups in total. The molecule has 0 aromatic rings. The Morgan fingerprint density at radius 3 is 2.85 bits per heavy atom. The van der Waals surface area contributed by atoms with Crippen LogP contribution in [0.25, 0.3) is 0 Å². The van der Waals surface area contributed by atoms with Gasteiger partial charge in [-0.3, -0.25) is 5.26 Å². The molecule has 0 rings (SSSR count). The molecule has 5 nitrogen and oxygen atoms in total. The van der Waals surface area contributed by atoms with Gasteiger partial charge in [-0.15, -0.1) is 0 Å². The molecule has 0 radical (unpaired) electrons. The van der Waals surface area contributed by atoms with E-state index in [1.165, 1.54) is 0 Å². The fraction of sp³-hybridized carbons (Fsp3) is 0.625. The molecule has 0 bridgehead atoms. The number of carbonyl (C=O) groups is 1. The van der Waals surface area contributed by atoms with Gasteiger partial charge in [-0.1, -0.05) is 6.58 Å². The second-order valence-electron chi connectivity index (χ2n) is 2.35. The van der Waals surface area contributed by atoms with Crippen LogP contribution in [0, 0.1) is 0 Å². The SMILES string of the molecule is C=CC(=O)OCC(C)OCCOO. The van der Waals surface area contributed by atoms with Crippen LogP contribution < -0.4 is 0 Å². The van der Waals surface area contributed by atoms with Gasteiger partial charge in [0.05, 0.1) is 12.7 Å². The zero-order valence-electron chi connectivity index (χ0n) is 7.56. The van der Waals surface area contributed by atoms with Gasteiger partial charge in [0, 0.05) is 6.08 Å². The molecular weight excluding hydrogens is 176 g/mol. The predicted molar refractivity (Wildman–Crippen MR) is 45.2 cm³/mol. The van der Waals surface area contributed by atoms with E-state index >= 15 is 0 Å². The van der Waals surface area contributed by atoms with Gasteiger partial charge in [-0.2, -0.15) is 0 Å². The van der Waals surface area contributed by atoms with Gasteiger partial charge in [0.25, 0.3) is 0 Å². The fourth-order valence-corrected chi connectivity index (χ4v) is 0.593. The Balaban J connectivity index is 3.34. The standard InChI is InChI=1S/C8H14O5/c1-3-8(9)12-6-7(2)11-4-5-13-10/h3,7,10H,1,4-6H2,2H3. The first-order valence-electron chi connectivity index (χ1n) is 3.88. The van der Waals surface area contributed by atoms with E-state index in [4.69, 9.17) is 14.7 Å². The predicted octanol–water partition coefficient (Wildman–Crippen LogP) is 0.610. The summed E-state index contributed by atoms with van der Waals surface area (Å²) >= 11 is 0. The van der Waals surface area contributed by atoms with Crippen molar-refractivity contribution in [3.63, 3.8) is 0 Å². The first kappa shape index (κ1) is 12.1. The van der Waals surface area contributed by atoms with Gasteiger partial charge in [0.15, 0.2) is 0 Å². The van der Waals surface area contributed by atoms with Gasteiger partial charge >= 0.3 is 5.97 Å². The van der Waals surface area contributed by atoms with Gasteiger partial charge < -0.3 is 9.47 Å². The molecule has 13 heavy (non-hydrogen) atoms. The molecule has 0 aromatic carbocycles. The lowest BCUT2D eigenvalue weighted by Gasteiger charge is -2.11. The molecule has 0 heterocycles. The second kappa shape index (κ2) is 7.72. The van der Waals surface area contributed by atoms with E-state index in [2.05, 4.69) is 11.5 Å². The molecule has 0 aliphatic heterocycles. The smallest absolute Gasteiger partial charge is 0.330 e. The molecule has 0 spiro atoms. The Morgan fingerprint density at radius 1 is 1.62 bits per heavy atom. The summed E-state index contributed by atoms with van der Waals surface area (Å²) in [6, 6.07) is 0. The molecule has 0 fully saturated rings. The number of ether oxygens (including phenoxy) is 2. The van der Waals surface area contributed by atoms with Crippen molar-refractivity contribution in [2.75, 3.05) is 19.8 Å². The summed E-state index contributed by atoms with van der Waals surface area (Å²) in [5.74, 6) is -0.478. The molecule has 0 aliphatic carbocycles. The highest BCUT2D eigenvalue weighted by Gasteiger charge is 2.04. The van der Waals surface area contributed by atoms with Crippen LogP contribution in [-0.4, -0.2) is 37.2 Å². The fourth-order valence-electron chi connectivity index (χ4n) is 0.593. The third kappa shape index (κ3) is 7.45. The quantitative estimate of drug-likeness (QED) is 0.209. The number of hydrogen-bond acceptors (Lipinski definition) is 5. The summed E-state index contributed by atoms with van der Waals surface area (Å²) in [5.41, 5.74) is 0. The minimum atomic E-state index is -0.478. The highest BCUT2D eigenvalue weighted by atomic mass is 17.1. The molecule has 76 valence electrons. The van der Waals surface area contributed by atoms with Crippen molar-refractivity contribution >= 4 is 5.97 Å². The van der Waals surface area contributed by atoms with Crippen LogP contribution in [0.4, 0.5) is 0 Å². The molecular formula is C8H14O5. The Labute approximate surface area is 76.8 Å². The molecule has 1 atom stereocenters. The third-order valence-electron chi connectivity index (χ3n) is 1.20. The number of esters is 1. The average Bonchev–Trinajstić information content (AvgIpc) is 2.14. The van der Waals surface area contributed by atoms with Crippen LogP contribution in [0.5, 0.6) is 0 Å². The maximum absolute atomic E-state index is 10.6. The van der Waals surface area contributed by atoms with Gasteiger partial charge in [0.2, 0.25) is 0 Å². The molecule has 1 unspecified atom stereocenters. The summed E-state index contributed by atoms with van der Waals surface area (Å²) in [4.78, 5) is 14.4. The zero-order chi connectivity index (χ0) is 10.1. The summed E-state index contributed by atoms with van der Waals surface area (Å²) in [5, 5.41) is 7.96. The highest BCUT2D eigenvalue weighted by molar-refractivity contribution is 5.81. The topological polar surface area (TPSA) is 65.0 Å². The Morgan fingerprint density at radius 2 is 2.31 bits per heavy atom. The minimum Gasteiger partial charge on any atom is -0.460 e. The molecule has 0 amide bonds. The van der Waals surface area contributed by atoms with E-state index in [0.717, 1.165) is 6.08 Å². The number of carbonyl (C=O) groups excluding carboxylic acids is 1. The monoisotopic (exact) mass is 190 g/mol. The van der Waals surface area contributed by atoms with Crippen LogP contribution in [-0.2, 0) is 19.2 Å². The van der Waals surface area contributed by atoms with Crippen LogP contribution >= 0.6 is 0 Å². The van der Waals surface area contributed by atoms with Crippen molar-refractivity contribution in [1.82, 2.24) is 0 Å². The molecule has 0 saturated heterocycles. The van der Waals surface area contributed by atoms with Crippen LogP contribution in [0.2, 0.25) is 0 Å². The maximum atomic E-state index is 10.6. The van der Waals surface area contributed by atoms with Crippen molar-refractivity contribution in [2.24, 2.45) is 0 Å². The van der Waals surface area contributed by atoms with E-state index in [9.17, 15) is 4.79 Å². The van der Waals surface area contributed by atoms with Crippen molar-refractivity contribution in [3.05, 3.63) is 12.7 Å². The average molecular weight is 190 g/mol. The third-order valence-corrected chi connectivity index (χ3v) is 1.20. The molecule has 5 heteroatoms. The summed E-state index contributed by atoms with van der Waals surface area (Å²) in [6.07, 6.45) is 0.864. The molecule has 0 aliphatic rings. The van der Waals surface area contributed by atoms with Crippen molar-refractivity contribution in [1.29, 1.82) is 0 Å². The van der Waals surface area contributed by atoms with Crippen LogP contribution in [0.3, 0.4) is 0 Å². The normalized spacial score (nSPS) is 12.2.